The molecule has 76 valence electrons. The van der Waals surface area contributed by atoms with Crippen molar-refractivity contribution in [2.45, 2.75) is 33.1 Å². The van der Waals surface area contributed by atoms with E-state index in [4.69, 9.17) is 5.26 Å². The van der Waals surface area contributed by atoms with E-state index in [1.165, 1.54) is 6.42 Å². The molecule has 3 heteroatoms. The molecule has 0 bridgehead atoms. The fourth-order valence-electron chi connectivity index (χ4n) is 1.82. The predicted octanol–water partition coefficient (Wildman–Crippen LogP) is 1.45. The Morgan fingerprint density at radius 2 is 2.14 bits per heavy atom. The van der Waals surface area contributed by atoms with E-state index in [1.54, 1.807) is 0 Å². The van der Waals surface area contributed by atoms with Gasteiger partial charge in [0.05, 0.1) is 6.07 Å². The maximum absolute atomic E-state index is 11.6. The second-order valence-corrected chi connectivity index (χ2v) is 5.29. The Hall–Kier alpha value is -1.04. The highest BCUT2D eigenvalue weighted by molar-refractivity contribution is 5.88. The van der Waals surface area contributed by atoms with E-state index in [0.717, 1.165) is 19.4 Å². The van der Waals surface area contributed by atoms with Gasteiger partial charge in [-0.3, -0.25) is 4.79 Å². The Bertz CT molecular complexity index is 310. The van der Waals surface area contributed by atoms with E-state index >= 15 is 0 Å². The number of amides is 1. The van der Waals surface area contributed by atoms with Gasteiger partial charge >= 0.3 is 0 Å². The van der Waals surface area contributed by atoms with Crippen LogP contribution in [0, 0.1) is 28.1 Å². The second-order valence-electron chi connectivity index (χ2n) is 5.29. The van der Waals surface area contributed by atoms with Gasteiger partial charge in [0.25, 0.3) is 0 Å². The topological polar surface area (TPSA) is 52.9 Å². The highest BCUT2D eigenvalue weighted by Crippen LogP contribution is 2.51. The third-order valence-corrected chi connectivity index (χ3v) is 3.63. The minimum atomic E-state index is -0.654. The Balaban J connectivity index is 1.78. The van der Waals surface area contributed by atoms with Gasteiger partial charge in [0.2, 0.25) is 5.91 Å². The van der Waals surface area contributed by atoms with Crippen LogP contribution in [0.4, 0.5) is 0 Å². The summed E-state index contributed by atoms with van der Waals surface area (Å²) in [7, 11) is 0. The van der Waals surface area contributed by atoms with Crippen LogP contribution < -0.4 is 5.32 Å². The molecule has 0 spiro atoms. The van der Waals surface area contributed by atoms with Crippen LogP contribution >= 0.6 is 0 Å². The molecule has 0 aromatic carbocycles. The van der Waals surface area contributed by atoms with Crippen molar-refractivity contribution in [2.75, 3.05) is 6.54 Å². The second kappa shape index (κ2) is 2.73. The number of nitriles is 1. The summed E-state index contributed by atoms with van der Waals surface area (Å²) in [6, 6.07) is 2.11. The number of hydrogen-bond donors (Lipinski definition) is 1. The standard InChI is InChI=1S/C11H16N2O/c1-10(2)5-8(10)6-13-9(14)11(7-12)3-4-11/h8H,3-6H2,1-2H3,(H,13,14). The van der Waals surface area contributed by atoms with Crippen LogP contribution in [0.3, 0.4) is 0 Å². The lowest BCUT2D eigenvalue weighted by Crippen LogP contribution is -2.33. The first-order valence-electron chi connectivity index (χ1n) is 5.20. The summed E-state index contributed by atoms with van der Waals surface area (Å²) in [5.74, 6) is 0.559. The normalized spacial score (nSPS) is 30.2. The Morgan fingerprint density at radius 3 is 2.50 bits per heavy atom. The zero-order valence-electron chi connectivity index (χ0n) is 8.76. The molecule has 1 N–H and O–H groups in total. The van der Waals surface area contributed by atoms with Gasteiger partial charge in [-0.2, -0.15) is 5.26 Å². The van der Waals surface area contributed by atoms with Gasteiger partial charge in [0.1, 0.15) is 5.41 Å². The highest BCUT2D eigenvalue weighted by Gasteiger charge is 2.52. The fourth-order valence-corrected chi connectivity index (χ4v) is 1.82. The molecule has 2 rings (SSSR count). The first-order chi connectivity index (χ1) is 6.50. The van der Waals surface area contributed by atoms with E-state index in [9.17, 15) is 4.79 Å². The smallest absolute Gasteiger partial charge is 0.240 e. The van der Waals surface area contributed by atoms with Crippen LogP contribution in [0.5, 0.6) is 0 Å². The third-order valence-electron chi connectivity index (χ3n) is 3.63. The molecular formula is C11H16N2O. The van der Waals surface area contributed by atoms with E-state index < -0.39 is 5.41 Å². The van der Waals surface area contributed by atoms with Crippen molar-refractivity contribution in [1.29, 1.82) is 5.26 Å². The molecule has 2 saturated carbocycles. The summed E-state index contributed by atoms with van der Waals surface area (Å²) in [5, 5.41) is 11.7. The van der Waals surface area contributed by atoms with Gasteiger partial charge in [0, 0.05) is 6.54 Å². The van der Waals surface area contributed by atoms with Crippen molar-refractivity contribution in [2.24, 2.45) is 16.7 Å². The molecule has 0 aliphatic heterocycles. The molecule has 3 nitrogen and oxygen atoms in total. The number of rotatable bonds is 3. The minimum absolute atomic E-state index is 0.0531. The van der Waals surface area contributed by atoms with E-state index in [-0.39, 0.29) is 5.91 Å². The number of hydrogen-bond acceptors (Lipinski definition) is 2. The summed E-state index contributed by atoms with van der Waals surface area (Å²) in [5.41, 5.74) is -0.254. The molecule has 1 amide bonds. The zero-order valence-corrected chi connectivity index (χ0v) is 8.76. The molecule has 1 atom stereocenters. The van der Waals surface area contributed by atoms with Crippen LogP contribution in [-0.4, -0.2) is 12.5 Å². The Morgan fingerprint density at radius 1 is 1.57 bits per heavy atom. The maximum atomic E-state index is 11.6. The number of nitrogens with zero attached hydrogens (tertiary/aromatic N) is 1. The Kier molecular flexibility index (Phi) is 1.85. The lowest BCUT2D eigenvalue weighted by atomic mass is 10.1. The molecule has 1 unspecified atom stereocenters. The number of carbonyl (C=O) groups excluding carboxylic acids is 1. The van der Waals surface area contributed by atoms with Crippen LogP contribution in [0.25, 0.3) is 0 Å². The molecule has 2 fully saturated rings. The van der Waals surface area contributed by atoms with Crippen LogP contribution in [0.2, 0.25) is 0 Å². The quantitative estimate of drug-likeness (QED) is 0.735. The summed E-state index contributed by atoms with van der Waals surface area (Å²) < 4.78 is 0. The van der Waals surface area contributed by atoms with Gasteiger partial charge in [-0.1, -0.05) is 13.8 Å². The third kappa shape index (κ3) is 1.50. The molecule has 0 aromatic rings. The highest BCUT2D eigenvalue weighted by atomic mass is 16.2. The number of nitrogens with one attached hydrogen (secondary N) is 1. The molecule has 2 aliphatic carbocycles. The molecule has 0 aromatic heterocycles. The average Bonchev–Trinajstić information content (AvgIpc) is 2.99. The molecule has 0 saturated heterocycles. The van der Waals surface area contributed by atoms with Gasteiger partial charge in [-0.15, -0.1) is 0 Å². The van der Waals surface area contributed by atoms with Crippen LogP contribution in [0.1, 0.15) is 33.1 Å². The van der Waals surface area contributed by atoms with E-state index in [2.05, 4.69) is 25.2 Å². The zero-order chi connectivity index (χ0) is 10.4. The molecule has 0 heterocycles. The van der Waals surface area contributed by atoms with Crippen molar-refractivity contribution in [3.05, 3.63) is 0 Å². The summed E-state index contributed by atoms with van der Waals surface area (Å²) in [6.45, 7) is 5.16. The van der Waals surface area contributed by atoms with E-state index in [1.807, 2.05) is 0 Å². The average molecular weight is 192 g/mol. The lowest BCUT2D eigenvalue weighted by Gasteiger charge is -2.08. The predicted molar refractivity (Wildman–Crippen MR) is 52.2 cm³/mol. The van der Waals surface area contributed by atoms with Gasteiger partial charge in [0.15, 0.2) is 0 Å². The van der Waals surface area contributed by atoms with Crippen molar-refractivity contribution in [1.82, 2.24) is 5.32 Å². The summed E-state index contributed by atoms with van der Waals surface area (Å²) in [4.78, 5) is 11.6. The fraction of sp³-hybridized carbons (Fsp3) is 0.818. The first-order valence-corrected chi connectivity index (χ1v) is 5.20. The van der Waals surface area contributed by atoms with Gasteiger partial charge < -0.3 is 5.32 Å². The summed E-state index contributed by atoms with van der Waals surface area (Å²) in [6.07, 6.45) is 2.67. The van der Waals surface area contributed by atoms with Crippen LogP contribution in [-0.2, 0) is 4.79 Å². The SMILES string of the molecule is CC1(C)CC1CNC(=O)C1(C#N)CC1. The molecular weight excluding hydrogens is 176 g/mol. The molecule has 2 aliphatic rings. The maximum Gasteiger partial charge on any atom is 0.240 e. The van der Waals surface area contributed by atoms with Crippen molar-refractivity contribution in [3.63, 3.8) is 0 Å². The van der Waals surface area contributed by atoms with Crippen molar-refractivity contribution < 1.29 is 4.79 Å². The van der Waals surface area contributed by atoms with E-state index in [0.29, 0.717) is 11.3 Å². The molecule has 0 radical (unpaired) electrons. The Labute approximate surface area is 84.5 Å². The lowest BCUT2D eigenvalue weighted by molar-refractivity contribution is -0.124. The minimum Gasteiger partial charge on any atom is -0.354 e. The number of carbonyl (C=O) groups is 1. The summed E-state index contributed by atoms with van der Waals surface area (Å²) >= 11 is 0. The van der Waals surface area contributed by atoms with Crippen LogP contribution in [0.15, 0.2) is 0 Å². The van der Waals surface area contributed by atoms with Gasteiger partial charge in [-0.05, 0) is 30.6 Å². The van der Waals surface area contributed by atoms with Gasteiger partial charge in [-0.25, -0.2) is 0 Å². The largest absolute Gasteiger partial charge is 0.354 e. The monoisotopic (exact) mass is 192 g/mol. The first kappa shape index (κ1) is 9.51. The van der Waals surface area contributed by atoms with Crippen molar-refractivity contribution >= 4 is 5.91 Å². The van der Waals surface area contributed by atoms with Crippen molar-refractivity contribution in [3.8, 4) is 6.07 Å². The molecule has 14 heavy (non-hydrogen) atoms.